The highest BCUT2D eigenvalue weighted by Crippen LogP contribution is 2.28. The molecule has 0 bridgehead atoms. The zero-order valence-electron chi connectivity index (χ0n) is 22.4. The van der Waals surface area contributed by atoms with Gasteiger partial charge in [0.1, 0.15) is 6.04 Å². The number of aryl methyl sites for hydroxylation is 4. The zero-order chi connectivity index (χ0) is 28.0. The van der Waals surface area contributed by atoms with E-state index in [1.807, 2.05) is 51.1 Å². The van der Waals surface area contributed by atoms with Crippen molar-refractivity contribution < 1.29 is 23.1 Å². The van der Waals surface area contributed by atoms with E-state index in [9.17, 15) is 23.1 Å². The fraction of sp³-hybridized carbons (Fsp3) is 0.310. The summed E-state index contributed by atoms with van der Waals surface area (Å²) in [5, 5.41) is 15.4. The SMILES string of the molecule is CCCNC(=O)Nc1ccc(C)c(-c2ccc(CC(NS(=O)(=O)c3c(C)cc(C)cc3C)C(=O)O)cc2)c1. The lowest BCUT2D eigenvalue weighted by Gasteiger charge is -2.18. The molecule has 0 aromatic heterocycles. The van der Waals surface area contributed by atoms with Gasteiger partial charge in [-0.05, 0) is 86.1 Å². The van der Waals surface area contributed by atoms with Gasteiger partial charge in [-0.25, -0.2) is 13.2 Å². The number of carbonyl (C=O) groups excluding carboxylic acids is 1. The van der Waals surface area contributed by atoms with Gasteiger partial charge in [0.15, 0.2) is 0 Å². The molecule has 3 rings (SSSR count). The average molecular weight is 538 g/mol. The van der Waals surface area contributed by atoms with Crippen LogP contribution in [0.15, 0.2) is 59.5 Å². The third kappa shape index (κ3) is 7.20. The van der Waals surface area contributed by atoms with Crippen molar-refractivity contribution >= 4 is 27.7 Å². The van der Waals surface area contributed by atoms with Gasteiger partial charge < -0.3 is 15.7 Å². The molecule has 0 fully saturated rings. The Labute approximate surface area is 224 Å². The number of carbonyl (C=O) groups is 2. The standard InChI is InChI=1S/C29H35N3O5S/c1-6-13-30-29(35)31-24-12-7-19(3)25(17-24)23-10-8-22(9-11-23)16-26(28(33)34)32-38(36,37)27-20(4)14-18(2)15-21(27)5/h7-12,14-15,17,26,32H,6,13,16H2,1-5H3,(H,33,34)(H2,30,31,35). The van der Waals surface area contributed by atoms with Crippen molar-refractivity contribution in [3.8, 4) is 11.1 Å². The minimum absolute atomic E-state index is 0.0169. The fourth-order valence-electron chi connectivity index (χ4n) is 4.50. The summed E-state index contributed by atoms with van der Waals surface area (Å²) >= 11 is 0. The Bertz CT molecular complexity index is 1410. The van der Waals surface area contributed by atoms with Crippen molar-refractivity contribution in [2.75, 3.05) is 11.9 Å². The van der Waals surface area contributed by atoms with E-state index in [0.29, 0.717) is 28.9 Å². The molecule has 202 valence electrons. The first-order chi connectivity index (χ1) is 17.9. The normalized spacial score (nSPS) is 12.1. The maximum Gasteiger partial charge on any atom is 0.322 e. The van der Waals surface area contributed by atoms with E-state index >= 15 is 0 Å². The molecule has 4 N–H and O–H groups in total. The number of anilines is 1. The molecule has 3 aromatic carbocycles. The van der Waals surface area contributed by atoms with E-state index in [-0.39, 0.29) is 17.3 Å². The number of aliphatic carboxylic acids is 1. The van der Waals surface area contributed by atoms with Gasteiger partial charge in [0.2, 0.25) is 10.0 Å². The van der Waals surface area contributed by atoms with Gasteiger partial charge >= 0.3 is 12.0 Å². The van der Waals surface area contributed by atoms with E-state index in [1.165, 1.54) is 0 Å². The Kier molecular flexibility index (Phi) is 9.30. The molecule has 38 heavy (non-hydrogen) atoms. The molecule has 0 radical (unpaired) electrons. The number of hydrogen-bond acceptors (Lipinski definition) is 4. The maximum atomic E-state index is 13.1. The molecule has 0 saturated heterocycles. The van der Waals surface area contributed by atoms with Gasteiger partial charge in [0.05, 0.1) is 4.90 Å². The third-order valence-electron chi connectivity index (χ3n) is 6.20. The van der Waals surface area contributed by atoms with Crippen molar-refractivity contribution in [3.63, 3.8) is 0 Å². The molecule has 0 saturated carbocycles. The Morgan fingerprint density at radius 1 is 0.895 bits per heavy atom. The Morgan fingerprint density at radius 2 is 1.53 bits per heavy atom. The number of nitrogens with one attached hydrogen (secondary N) is 3. The monoisotopic (exact) mass is 537 g/mol. The van der Waals surface area contributed by atoms with Crippen LogP contribution in [0.2, 0.25) is 0 Å². The number of benzene rings is 3. The fourth-order valence-corrected chi connectivity index (χ4v) is 6.14. The van der Waals surface area contributed by atoms with E-state index < -0.39 is 22.0 Å². The van der Waals surface area contributed by atoms with Gasteiger partial charge in [-0.15, -0.1) is 0 Å². The lowest BCUT2D eigenvalue weighted by atomic mass is 9.97. The van der Waals surface area contributed by atoms with Crippen LogP contribution in [0, 0.1) is 27.7 Å². The Hall–Kier alpha value is -3.69. The quantitative estimate of drug-likeness (QED) is 0.287. The molecule has 1 atom stereocenters. The van der Waals surface area contributed by atoms with Crippen molar-refractivity contribution in [1.29, 1.82) is 0 Å². The van der Waals surface area contributed by atoms with Crippen LogP contribution in [0.25, 0.3) is 11.1 Å². The summed E-state index contributed by atoms with van der Waals surface area (Å²) in [6.07, 6.45) is 0.825. The Balaban J connectivity index is 1.79. The van der Waals surface area contributed by atoms with E-state index in [0.717, 1.165) is 28.7 Å². The second-order valence-electron chi connectivity index (χ2n) is 9.55. The number of urea groups is 1. The minimum Gasteiger partial charge on any atom is -0.480 e. The summed E-state index contributed by atoms with van der Waals surface area (Å²) in [5.41, 5.74) is 6.23. The van der Waals surface area contributed by atoms with Gasteiger partial charge in [-0.1, -0.05) is 55.0 Å². The summed E-state index contributed by atoms with van der Waals surface area (Å²) in [6.45, 7) is 9.82. The van der Waals surface area contributed by atoms with Crippen LogP contribution in [-0.4, -0.2) is 38.1 Å². The van der Waals surface area contributed by atoms with E-state index in [1.54, 1.807) is 38.1 Å². The zero-order valence-corrected chi connectivity index (χ0v) is 23.2. The molecule has 0 aliphatic carbocycles. The van der Waals surface area contributed by atoms with Crippen molar-refractivity contribution in [3.05, 3.63) is 82.4 Å². The van der Waals surface area contributed by atoms with E-state index in [4.69, 9.17) is 0 Å². The van der Waals surface area contributed by atoms with Crippen LogP contribution in [0.3, 0.4) is 0 Å². The number of carboxylic acids is 1. The third-order valence-corrected chi connectivity index (χ3v) is 7.98. The highest BCUT2D eigenvalue weighted by Gasteiger charge is 2.28. The number of sulfonamides is 1. The summed E-state index contributed by atoms with van der Waals surface area (Å²) in [5.74, 6) is -1.25. The van der Waals surface area contributed by atoms with Gasteiger partial charge in [0, 0.05) is 12.2 Å². The molecule has 1 unspecified atom stereocenters. The predicted molar refractivity (Wildman–Crippen MR) is 150 cm³/mol. The van der Waals surface area contributed by atoms with Crippen molar-refractivity contribution in [2.45, 2.75) is 58.4 Å². The molecule has 9 heteroatoms. The molecule has 3 aromatic rings. The van der Waals surface area contributed by atoms with Gasteiger partial charge in [0.25, 0.3) is 0 Å². The lowest BCUT2D eigenvalue weighted by Crippen LogP contribution is -2.42. The molecule has 2 amide bonds. The van der Waals surface area contributed by atoms with E-state index in [2.05, 4.69) is 15.4 Å². The number of hydrogen-bond donors (Lipinski definition) is 4. The highest BCUT2D eigenvalue weighted by atomic mass is 32.2. The number of rotatable bonds is 10. The number of carboxylic acid groups (broad SMARTS) is 1. The Morgan fingerprint density at radius 3 is 2.11 bits per heavy atom. The smallest absolute Gasteiger partial charge is 0.322 e. The summed E-state index contributed by atoms with van der Waals surface area (Å²) in [4.78, 5) is 24.1. The average Bonchev–Trinajstić information content (AvgIpc) is 2.83. The first-order valence-corrected chi connectivity index (χ1v) is 14.0. The molecule has 8 nitrogen and oxygen atoms in total. The summed E-state index contributed by atoms with van der Waals surface area (Å²) in [7, 11) is -4.05. The van der Waals surface area contributed by atoms with Gasteiger partial charge in [-0.3, -0.25) is 4.79 Å². The van der Waals surface area contributed by atoms with Crippen molar-refractivity contribution in [1.82, 2.24) is 10.0 Å². The lowest BCUT2D eigenvalue weighted by molar-refractivity contribution is -0.138. The summed E-state index contributed by atoms with van der Waals surface area (Å²) < 4.78 is 28.6. The molecule has 0 heterocycles. The minimum atomic E-state index is -4.05. The first-order valence-electron chi connectivity index (χ1n) is 12.5. The number of amides is 2. The van der Waals surface area contributed by atoms with Crippen LogP contribution in [-0.2, 0) is 21.2 Å². The highest BCUT2D eigenvalue weighted by molar-refractivity contribution is 7.89. The van der Waals surface area contributed by atoms with Crippen LogP contribution in [0.5, 0.6) is 0 Å². The largest absolute Gasteiger partial charge is 0.480 e. The van der Waals surface area contributed by atoms with Crippen LogP contribution in [0.4, 0.5) is 10.5 Å². The van der Waals surface area contributed by atoms with Crippen molar-refractivity contribution in [2.24, 2.45) is 0 Å². The second kappa shape index (κ2) is 12.2. The molecule has 0 spiro atoms. The topological polar surface area (TPSA) is 125 Å². The molecule has 0 aliphatic rings. The molecular weight excluding hydrogens is 502 g/mol. The maximum absolute atomic E-state index is 13.1. The summed E-state index contributed by atoms with van der Waals surface area (Å²) in [6, 6.07) is 14.9. The van der Waals surface area contributed by atoms with Crippen LogP contribution >= 0.6 is 0 Å². The van der Waals surface area contributed by atoms with Crippen LogP contribution in [0.1, 0.15) is 41.2 Å². The molecule has 0 aliphatic heterocycles. The van der Waals surface area contributed by atoms with Gasteiger partial charge in [-0.2, -0.15) is 4.72 Å². The molecular formula is C29H35N3O5S. The first kappa shape index (κ1) is 28.9. The van der Waals surface area contributed by atoms with Crippen LogP contribution < -0.4 is 15.4 Å². The predicted octanol–water partition coefficient (Wildman–Crippen LogP) is 5.09. The second-order valence-corrected chi connectivity index (χ2v) is 11.2.